The molecule has 0 aliphatic carbocycles. The monoisotopic (exact) mass is 427 g/mol. The fraction of sp³-hybridized carbons (Fsp3) is 0.500. The molecular formula is C14H19BrClNO5S. The number of rotatable bonds is 8. The van der Waals surface area contributed by atoms with Gasteiger partial charge >= 0.3 is 5.97 Å². The predicted molar refractivity (Wildman–Crippen MR) is 91.4 cm³/mol. The number of ether oxygens (including phenoxy) is 2. The molecule has 0 N–H and O–H groups in total. The van der Waals surface area contributed by atoms with Gasteiger partial charge in [-0.25, -0.2) is 8.42 Å². The number of carbonyl (C=O) groups excluding carboxylic acids is 1. The minimum atomic E-state index is -3.97. The van der Waals surface area contributed by atoms with Crippen LogP contribution in [0.5, 0.6) is 5.75 Å². The lowest BCUT2D eigenvalue weighted by atomic mass is 10.3. The van der Waals surface area contributed by atoms with Crippen molar-refractivity contribution in [2.45, 2.75) is 25.2 Å². The molecule has 0 aliphatic heterocycles. The van der Waals surface area contributed by atoms with E-state index in [0.717, 1.165) is 4.31 Å². The second-order valence-electron chi connectivity index (χ2n) is 4.56. The Hall–Kier alpha value is -0.830. The van der Waals surface area contributed by atoms with Gasteiger partial charge in [0.15, 0.2) is 5.75 Å². The fourth-order valence-electron chi connectivity index (χ4n) is 1.95. The first-order valence-electron chi connectivity index (χ1n) is 6.96. The number of halogens is 2. The van der Waals surface area contributed by atoms with Gasteiger partial charge in [0.25, 0.3) is 0 Å². The van der Waals surface area contributed by atoms with Crippen LogP contribution in [0.2, 0.25) is 5.02 Å². The highest BCUT2D eigenvalue weighted by molar-refractivity contribution is 9.10. The van der Waals surface area contributed by atoms with E-state index in [-0.39, 0.29) is 35.4 Å². The van der Waals surface area contributed by atoms with Crippen LogP contribution < -0.4 is 4.74 Å². The lowest BCUT2D eigenvalue weighted by Crippen LogP contribution is -2.37. The van der Waals surface area contributed by atoms with E-state index in [1.807, 2.05) is 6.92 Å². The van der Waals surface area contributed by atoms with Gasteiger partial charge in [-0.05, 0) is 41.4 Å². The molecule has 0 heterocycles. The Balaban J connectivity index is 3.33. The van der Waals surface area contributed by atoms with Gasteiger partial charge < -0.3 is 9.47 Å². The summed E-state index contributed by atoms with van der Waals surface area (Å²) in [5.41, 5.74) is 0. The number of hydrogen-bond acceptors (Lipinski definition) is 5. The third kappa shape index (κ3) is 5.07. The van der Waals surface area contributed by atoms with E-state index in [4.69, 9.17) is 21.1 Å². The van der Waals surface area contributed by atoms with Gasteiger partial charge in [0.05, 0.1) is 18.2 Å². The summed E-state index contributed by atoms with van der Waals surface area (Å²) in [6.07, 6.45) is 0.544. The van der Waals surface area contributed by atoms with Crippen molar-refractivity contribution in [1.82, 2.24) is 4.31 Å². The maximum Gasteiger partial charge on any atom is 0.321 e. The van der Waals surface area contributed by atoms with Crippen molar-refractivity contribution in [3.8, 4) is 5.75 Å². The normalized spacial score (nSPS) is 11.6. The molecule has 0 atom stereocenters. The van der Waals surface area contributed by atoms with Crippen LogP contribution in [0.4, 0.5) is 0 Å². The number of benzene rings is 1. The molecule has 6 nitrogen and oxygen atoms in total. The first-order chi connectivity index (χ1) is 10.8. The number of sulfonamides is 1. The minimum absolute atomic E-state index is 0.0999. The molecule has 1 aromatic carbocycles. The summed E-state index contributed by atoms with van der Waals surface area (Å²) in [6, 6.07) is 2.84. The Morgan fingerprint density at radius 1 is 1.35 bits per heavy atom. The van der Waals surface area contributed by atoms with Crippen LogP contribution in [0.1, 0.15) is 20.3 Å². The van der Waals surface area contributed by atoms with Gasteiger partial charge in [0.2, 0.25) is 10.0 Å². The van der Waals surface area contributed by atoms with Crippen molar-refractivity contribution in [1.29, 1.82) is 0 Å². The molecule has 0 saturated heterocycles. The van der Waals surface area contributed by atoms with Crippen molar-refractivity contribution in [2.75, 3.05) is 26.8 Å². The molecule has 0 bridgehead atoms. The number of carbonyl (C=O) groups is 1. The van der Waals surface area contributed by atoms with Crippen LogP contribution >= 0.6 is 27.5 Å². The molecule has 0 aliphatic rings. The zero-order chi connectivity index (χ0) is 17.6. The average molecular weight is 429 g/mol. The van der Waals surface area contributed by atoms with Crippen molar-refractivity contribution in [3.05, 3.63) is 21.6 Å². The Morgan fingerprint density at radius 2 is 2.00 bits per heavy atom. The quantitative estimate of drug-likeness (QED) is 0.595. The van der Waals surface area contributed by atoms with E-state index in [1.165, 1.54) is 19.2 Å². The second-order valence-corrected chi connectivity index (χ2v) is 7.76. The van der Waals surface area contributed by atoms with Gasteiger partial charge in [-0.1, -0.05) is 18.5 Å². The lowest BCUT2D eigenvalue weighted by molar-refractivity contribution is -0.143. The molecule has 23 heavy (non-hydrogen) atoms. The summed E-state index contributed by atoms with van der Waals surface area (Å²) in [7, 11) is -2.61. The van der Waals surface area contributed by atoms with E-state index in [0.29, 0.717) is 10.9 Å². The van der Waals surface area contributed by atoms with Crippen LogP contribution in [0.15, 0.2) is 21.5 Å². The lowest BCUT2D eigenvalue weighted by Gasteiger charge is -2.22. The molecule has 1 aromatic rings. The molecule has 0 amide bonds. The molecule has 0 radical (unpaired) electrons. The maximum absolute atomic E-state index is 12.9. The van der Waals surface area contributed by atoms with Crippen LogP contribution in [-0.2, 0) is 19.6 Å². The van der Waals surface area contributed by atoms with E-state index in [2.05, 4.69) is 15.9 Å². The standard InChI is InChI=1S/C14H19BrClNO5S/c1-4-6-17(9-13(18)22-5-2)23(19,20)12-8-10(16)7-11(15)14(12)21-3/h7-8H,4-6,9H2,1-3H3. The first kappa shape index (κ1) is 20.2. The molecule has 0 fully saturated rings. The van der Waals surface area contributed by atoms with Crippen LogP contribution in [-0.4, -0.2) is 45.5 Å². The Kier molecular flexibility index (Phi) is 7.79. The SMILES string of the molecule is CCCN(CC(=O)OCC)S(=O)(=O)c1cc(Cl)cc(Br)c1OC. The Bertz CT molecular complexity index is 665. The third-order valence-electron chi connectivity index (χ3n) is 2.88. The van der Waals surface area contributed by atoms with E-state index < -0.39 is 16.0 Å². The molecule has 130 valence electrons. The summed E-state index contributed by atoms with van der Waals surface area (Å²) in [4.78, 5) is 11.6. The third-order valence-corrected chi connectivity index (χ3v) is 5.54. The van der Waals surface area contributed by atoms with E-state index in [9.17, 15) is 13.2 Å². The number of nitrogens with zero attached hydrogens (tertiary/aromatic N) is 1. The summed E-state index contributed by atoms with van der Waals surface area (Å²) in [5, 5.41) is 0.240. The molecule has 9 heteroatoms. The minimum Gasteiger partial charge on any atom is -0.494 e. The van der Waals surface area contributed by atoms with Crippen molar-refractivity contribution in [2.24, 2.45) is 0 Å². The highest BCUT2D eigenvalue weighted by Crippen LogP contribution is 2.36. The Morgan fingerprint density at radius 3 is 2.52 bits per heavy atom. The highest BCUT2D eigenvalue weighted by Gasteiger charge is 2.30. The van der Waals surface area contributed by atoms with Gasteiger partial charge in [0.1, 0.15) is 11.4 Å². The number of esters is 1. The van der Waals surface area contributed by atoms with Crippen molar-refractivity contribution < 1.29 is 22.7 Å². The van der Waals surface area contributed by atoms with Crippen molar-refractivity contribution in [3.63, 3.8) is 0 Å². The zero-order valence-corrected chi connectivity index (χ0v) is 16.3. The van der Waals surface area contributed by atoms with Gasteiger partial charge in [0, 0.05) is 11.6 Å². The second kappa shape index (κ2) is 8.86. The largest absolute Gasteiger partial charge is 0.494 e. The first-order valence-corrected chi connectivity index (χ1v) is 9.57. The molecule has 0 saturated carbocycles. The number of hydrogen-bond donors (Lipinski definition) is 0. The van der Waals surface area contributed by atoms with Gasteiger partial charge in [-0.3, -0.25) is 4.79 Å². The molecular weight excluding hydrogens is 410 g/mol. The average Bonchev–Trinajstić information content (AvgIpc) is 2.46. The molecule has 1 rings (SSSR count). The highest BCUT2D eigenvalue weighted by atomic mass is 79.9. The zero-order valence-electron chi connectivity index (χ0n) is 13.1. The summed E-state index contributed by atoms with van der Waals surface area (Å²) in [6.45, 7) is 3.48. The smallest absolute Gasteiger partial charge is 0.321 e. The molecule has 0 aromatic heterocycles. The van der Waals surface area contributed by atoms with E-state index in [1.54, 1.807) is 6.92 Å². The van der Waals surface area contributed by atoms with Gasteiger partial charge in [-0.15, -0.1) is 0 Å². The summed E-state index contributed by atoms with van der Waals surface area (Å²) in [5.74, 6) is -0.469. The predicted octanol–water partition coefficient (Wildman–Crippen LogP) is 3.07. The van der Waals surface area contributed by atoms with Crippen LogP contribution in [0.25, 0.3) is 0 Å². The Labute approximate surface area is 149 Å². The summed E-state index contributed by atoms with van der Waals surface area (Å²) < 4.78 is 37.3. The molecule has 0 spiro atoms. The molecule has 0 unspecified atom stereocenters. The number of methoxy groups -OCH3 is 1. The van der Waals surface area contributed by atoms with Gasteiger partial charge in [-0.2, -0.15) is 4.31 Å². The van der Waals surface area contributed by atoms with Crippen LogP contribution in [0.3, 0.4) is 0 Å². The van der Waals surface area contributed by atoms with E-state index >= 15 is 0 Å². The topological polar surface area (TPSA) is 72.9 Å². The maximum atomic E-state index is 12.9. The fourth-order valence-corrected chi connectivity index (χ4v) is 4.80. The van der Waals surface area contributed by atoms with Crippen molar-refractivity contribution >= 4 is 43.5 Å². The summed E-state index contributed by atoms with van der Waals surface area (Å²) >= 11 is 9.19. The van der Waals surface area contributed by atoms with Crippen LogP contribution in [0, 0.1) is 0 Å².